The van der Waals surface area contributed by atoms with Gasteiger partial charge in [0, 0.05) is 55.2 Å². The highest BCUT2D eigenvalue weighted by atomic mass is 19.4. The monoisotopic (exact) mass is 675 g/mol. The largest absolute Gasteiger partial charge is 0.472 e. The summed E-state index contributed by atoms with van der Waals surface area (Å²) in [5, 5.41) is 3.65. The van der Waals surface area contributed by atoms with Crippen LogP contribution < -0.4 is 25.4 Å². The van der Waals surface area contributed by atoms with Gasteiger partial charge in [-0.05, 0) is 44.7 Å². The van der Waals surface area contributed by atoms with Crippen LogP contribution in [0.1, 0.15) is 44.2 Å². The van der Waals surface area contributed by atoms with E-state index in [4.69, 9.17) is 24.9 Å². The van der Waals surface area contributed by atoms with Crippen molar-refractivity contribution in [3.8, 4) is 23.1 Å². The molecule has 1 spiro atoms. The third-order valence-electron chi connectivity index (χ3n) is 10.8. The SMILES string of the molecule is CC[C@@H]1CN2c3nc(OCC4(CN5CC6(COC6)C5)CC4)nc4c(F)c(-c5cc(N)c(F)c(C)c5C(F)(F)F)nc(c34)O[C@@H](C)[C@@H]2CN1. The third kappa shape index (κ3) is 5.11. The molecule has 0 unspecified atom stereocenters. The Bertz CT molecular complexity index is 1790. The number of nitrogens with zero attached hydrogens (tertiary/aromatic N) is 5. The standard InChI is InChI=1S/C33H38F5N7O3/c1-4-18-9-45-21(8-40-18)17(3)48-29-22-27(25(35)26(41-29)19-7-20(39)24(34)16(2)23(19)33(36,37)38)42-30(43-28(22)45)47-15-31(5-6-31)10-44-11-32(12-44)13-46-14-32/h7,17-18,21,40H,4-6,8-15,39H2,1-3H3/t17-,18+,21-/m0/s1. The molecule has 258 valence electrons. The molecular formula is C33H38F5N7O3. The molecule has 15 heteroatoms. The summed E-state index contributed by atoms with van der Waals surface area (Å²) in [6.45, 7) is 10.6. The number of anilines is 2. The van der Waals surface area contributed by atoms with Gasteiger partial charge in [0.15, 0.2) is 5.82 Å². The molecule has 6 heterocycles. The molecule has 10 nitrogen and oxygen atoms in total. The first kappa shape index (κ1) is 31.7. The molecule has 48 heavy (non-hydrogen) atoms. The molecule has 8 rings (SSSR count). The molecule has 1 saturated carbocycles. The minimum absolute atomic E-state index is 0.0797. The maximum atomic E-state index is 16.8. The lowest BCUT2D eigenvalue weighted by atomic mass is 9.77. The van der Waals surface area contributed by atoms with E-state index in [9.17, 15) is 17.6 Å². The van der Waals surface area contributed by atoms with E-state index in [-0.39, 0.29) is 45.7 Å². The normalized spacial score (nSPS) is 25.6. The van der Waals surface area contributed by atoms with Crippen molar-refractivity contribution >= 4 is 22.4 Å². The van der Waals surface area contributed by atoms with Gasteiger partial charge in [0.05, 0.1) is 37.1 Å². The van der Waals surface area contributed by atoms with Crippen LogP contribution in [0.3, 0.4) is 0 Å². The molecule has 3 saturated heterocycles. The maximum Gasteiger partial charge on any atom is 0.417 e. The molecule has 0 radical (unpaired) electrons. The number of pyridine rings is 1. The predicted octanol–water partition coefficient (Wildman–Crippen LogP) is 4.71. The van der Waals surface area contributed by atoms with E-state index < -0.39 is 52.0 Å². The first-order valence-electron chi connectivity index (χ1n) is 16.5. The van der Waals surface area contributed by atoms with Crippen molar-refractivity contribution in [2.45, 2.75) is 64.4 Å². The number of likely N-dealkylation sites (tertiary alicyclic amines) is 1. The van der Waals surface area contributed by atoms with Crippen LogP contribution in [0.5, 0.6) is 11.9 Å². The molecule has 3 atom stereocenters. The lowest BCUT2D eigenvalue weighted by Gasteiger charge is -2.55. The number of benzene rings is 1. The lowest BCUT2D eigenvalue weighted by Crippen LogP contribution is -2.66. The number of ether oxygens (including phenoxy) is 3. The Morgan fingerprint density at radius 2 is 1.88 bits per heavy atom. The van der Waals surface area contributed by atoms with Gasteiger partial charge in [-0.1, -0.05) is 6.92 Å². The van der Waals surface area contributed by atoms with Gasteiger partial charge in [0.25, 0.3) is 0 Å². The van der Waals surface area contributed by atoms with Gasteiger partial charge in [-0.3, -0.25) is 0 Å². The Balaban J connectivity index is 1.24. The molecule has 1 aromatic carbocycles. The van der Waals surface area contributed by atoms with Crippen LogP contribution in [-0.2, 0) is 10.9 Å². The second-order valence-electron chi connectivity index (χ2n) is 14.4. The Labute approximate surface area is 274 Å². The van der Waals surface area contributed by atoms with Gasteiger partial charge in [-0.2, -0.15) is 23.1 Å². The predicted molar refractivity (Wildman–Crippen MR) is 167 cm³/mol. The number of nitrogen functional groups attached to an aromatic ring is 1. The van der Waals surface area contributed by atoms with Crippen molar-refractivity contribution in [2.24, 2.45) is 10.8 Å². The summed E-state index contributed by atoms with van der Waals surface area (Å²) in [6, 6.07) is 0.541. The van der Waals surface area contributed by atoms with Crippen LogP contribution >= 0.6 is 0 Å². The van der Waals surface area contributed by atoms with Crippen molar-refractivity contribution < 1.29 is 36.2 Å². The Morgan fingerprint density at radius 1 is 1.12 bits per heavy atom. The summed E-state index contributed by atoms with van der Waals surface area (Å²) in [5.41, 5.74) is 1.60. The summed E-state index contributed by atoms with van der Waals surface area (Å²) >= 11 is 0. The average Bonchev–Trinajstić information content (AvgIpc) is 3.79. The van der Waals surface area contributed by atoms with Crippen molar-refractivity contribution in [1.29, 1.82) is 0 Å². The van der Waals surface area contributed by atoms with Crippen LogP contribution in [0.25, 0.3) is 22.2 Å². The Kier molecular flexibility index (Phi) is 7.25. The molecule has 4 aliphatic heterocycles. The number of piperazine rings is 1. The number of alkyl halides is 3. The van der Waals surface area contributed by atoms with Crippen LogP contribution in [0.4, 0.5) is 33.5 Å². The zero-order chi connectivity index (χ0) is 33.7. The Morgan fingerprint density at radius 3 is 2.52 bits per heavy atom. The van der Waals surface area contributed by atoms with Gasteiger partial charge in [-0.25, -0.2) is 13.8 Å². The van der Waals surface area contributed by atoms with Crippen molar-refractivity contribution in [3.05, 3.63) is 28.8 Å². The van der Waals surface area contributed by atoms with Crippen LogP contribution in [0.2, 0.25) is 0 Å². The van der Waals surface area contributed by atoms with Crippen molar-refractivity contribution in [3.63, 3.8) is 0 Å². The van der Waals surface area contributed by atoms with Crippen LogP contribution in [0.15, 0.2) is 6.07 Å². The fourth-order valence-corrected chi connectivity index (χ4v) is 7.84. The molecule has 3 aromatic rings. The van der Waals surface area contributed by atoms with Gasteiger partial charge in [0.1, 0.15) is 34.3 Å². The highest BCUT2D eigenvalue weighted by Gasteiger charge is 2.53. The number of fused-ring (bicyclic) bond motifs is 2. The molecule has 0 amide bonds. The highest BCUT2D eigenvalue weighted by molar-refractivity contribution is 5.97. The maximum absolute atomic E-state index is 16.8. The first-order valence-corrected chi connectivity index (χ1v) is 16.5. The van der Waals surface area contributed by atoms with Gasteiger partial charge in [0.2, 0.25) is 5.88 Å². The highest BCUT2D eigenvalue weighted by Crippen LogP contribution is 2.50. The van der Waals surface area contributed by atoms with E-state index in [0.717, 1.165) is 65.1 Å². The zero-order valence-corrected chi connectivity index (χ0v) is 27.0. The number of hydrogen-bond acceptors (Lipinski definition) is 10. The quantitative estimate of drug-likeness (QED) is 0.270. The fraction of sp³-hybridized carbons (Fsp3) is 0.606. The van der Waals surface area contributed by atoms with Crippen LogP contribution in [-0.4, -0.2) is 90.6 Å². The van der Waals surface area contributed by atoms with Crippen LogP contribution in [0, 0.1) is 29.4 Å². The fourth-order valence-electron chi connectivity index (χ4n) is 7.84. The minimum Gasteiger partial charge on any atom is -0.472 e. The number of hydrogen-bond donors (Lipinski definition) is 2. The second kappa shape index (κ2) is 11.0. The molecule has 1 aliphatic carbocycles. The third-order valence-corrected chi connectivity index (χ3v) is 10.8. The van der Waals surface area contributed by atoms with E-state index in [1.807, 2.05) is 11.8 Å². The van der Waals surface area contributed by atoms with E-state index in [0.29, 0.717) is 25.5 Å². The molecule has 4 fully saturated rings. The first-order chi connectivity index (χ1) is 22.8. The summed E-state index contributed by atoms with van der Waals surface area (Å²) in [4.78, 5) is 18.0. The molecule has 0 bridgehead atoms. The van der Waals surface area contributed by atoms with E-state index >= 15 is 4.39 Å². The van der Waals surface area contributed by atoms with Gasteiger partial charge >= 0.3 is 12.2 Å². The summed E-state index contributed by atoms with van der Waals surface area (Å²) < 4.78 is 92.7. The zero-order valence-electron chi connectivity index (χ0n) is 27.0. The topological polar surface area (TPSA) is 111 Å². The number of nitrogens with one attached hydrogen (secondary N) is 1. The van der Waals surface area contributed by atoms with Gasteiger partial charge in [-0.15, -0.1) is 0 Å². The summed E-state index contributed by atoms with van der Waals surface area (Å²) in [6.07, 6.45) is -2.79. The lowest BCUT2D eigenvalue weighted by molar-refractivity contribution is -0.192. The molecule has 2 aromatic heterocycles. The summed E-state index contributed by atoms with van der Waals surface area (Å²) in [5.74, 6) is -2.13. The average molecular weight is 676 g/mol. The number of aromatic nitrogens is 3. The number of rotatable bonds is 7. The summed E-state index contributed by atoms with van der Waals surface area (Å²) in [7, 11) is 0. The van der Waals surface area contributed by atoms with Crippen molar-refractivity contribution in [2.75, 3.05) is 63.2 Å². The van der Waals surface area contributed by atoms with E-state index in [1.54, 1.807) is 0 Å². The molecule has 3 N–H and O–H groups in total. The minimum atomic E-state index is -5.04. The van der Waals surface area contributed by atoms with Gasteiger partial charge < -0.3 is 35.1 Å². The molecular weight excluding hydrogens is 637 g/mol. The van der Waals surface area contributed by atoms with E-state index in [1.165, 1.54) is 0 Å². The number of halogens is 5. The van der Waals surface area contributed by atoms with E-state index in [2.05, 4.69) is 27.1 Å². The Hall–Kier alpha value is -3.56. The smallest absolute Gasteiger partial charge is 0.417 e. The second-order valence-corrected chi connectivity index (χ2v) is 14.4. The molecule has 5 aliphatic rings. The number of nitrogens with two attached hydrogens (primary N) is 1. The van der Waals surface area contributed by atoms with Crippen molar-refractivity contribution in [1.82, 2.24) is 25.2 Å².